The van der Waals surface area contributed by atoms with Crippen molar-refractivity contribution in [1.29, 1.82) is 0 Å². The second-order valence-electron chi connectivity index (χ2n) is 5.32. The van der Waals surface area contributed by atoms with Gasteiger partial charge in [0.05, 0.1) is 0 Å². The molecule has 106 valence electrons. The zero-order valence-electron chi connectivity index (χ0n) is 12.6. The lowest BCUT2D eigenvalue weighted by atomic mass is 9.97. The highest BCUT2D eigenvalue weighted by Gasteiger charge is 2.09. The number of aryl methyl sites for hydroxylation is 2. The molecular formula is C18H22ClN. The smallest absolute Gasteiger partial charge is 0.0487 e. The Labute approximate surface area is 127 Å². The number of hydrogen-bond acceptors (Lipinski definition) is 1. The average Bonchev–Trinajstić information content (AvgIpc) is 2.43. The Bertz CT molecular complexity index is 604. The Morgan fingerprint density at radius 2 is 1.80 bits per heavy atom. The van der Waals surface area contributed by atoms with Gasteiger partial charge in [-0.3, -0.25) is 0 Å². The SMILES string of the molecule is CCNC(C)c1cccc(-c2cc(C)c(C)cc2Cl)c1. The molecule has 1 nitrogen and oxygen atoms in total. The fourth-order valence-electron chi connectivity index (χ4n) is 2.40. The molecule has 2 aromatic rings. The van der Waals surface area contributed by atoms with E-state index >= 15 is 0 Å². The zero-order valence-corrected chi connectivity index (χ0v) is 13.4. The Morgan fingerprint density at radius 3 is 2.50 bits per heavy atom. The van der Waals surface area contributed by atoms with Crippen LogP contribution in [0.1, 0.15) is 36.6 Å². The van der Waals surface area contributed by atoms with Crippen LogP contribution in [0.2, 0.25) is 5.02 Å². The van der Waals surface area contributed by atoms with Gasteiger partial charge in [-0.2, -0.15) is 0 Å². The highest BCUT2D eigenvalue weighted by molar-refractivity contribution is 6.33. The van der Waals surface area contributed by atoms with Crippen LogP contribution in [0.3, 0.4) is 0 Å². The first-order chi connectivity index (χ1) is 9.52. The van der Waals surface area contributed by atoms with E-state index in [1.807, 2.05) is 6.07 Å². The van der Waals surface area contributed by atoms with Crippen LogP contribution in [0.25, 0.3) is 11.1 Å². The molecular weight excluding hydrogens is 266 g/mol. The van der Waals surface area contributed by atoms with E-state index in [1.165, 1.54) is 22.3 Å². The third kappa shape index (κ3) is 3.23. The number of rotatable bonds is 4. The monoisotopic (exact) mass is 287 g/mol. The summed E-state index contributed by atoms with van der Waals surface area (Å²) in [6.45, 7) is 9.50. The van der Waals surface area contributed by atoms with E-state index in [2.05, 4.69) is 63.3 Å². The molecule has 20 heavy (non-hydrogen) atoms. The van der Waals surface area contributed by atoms with Gasteiger partial charge in [0.25, 0.3) is 0 Å². The molecule has 0 spiro atoms. The Hall–Kier alpha value is -1.31. The van der Waals surface area contributed by atoms with E-state index in [9.17, 15) is 0 Å². The minimum atomic E-state index is 0.352. The van der Waals surface area contributed by atoms with Crippen LogP contribution >= 0.6 is 11.6 Å². The van der Waals surface area contributed by atoms with Crippen LogP contribution < -0.4 is 5.32 Å². The van der Waals surface area contributed by atoms with E-state index < -0.39 is 0 Å². The lowest BCUT2D eigenvalue weighted by molar-refractivity contribution is 0.598. The molecule has 2 heteroatoms. The maximum Gasteiger partial charge on any atom is 0.0487 e. The molecule has 0 aliphatic heterocycles. The largest absolute Gasteiger partial charge is 0.310 e. The molecule has 0 fully saturated rings. The first kappa shape index (κ1) is 15.1. The molecule has 1 atom stereocenters. The van der Waals surface area contributed by atoms with Gasteiger partial charge in [0, 0.05) is 16.6 Å². The van der Waals surface area contributed by atoms with Crippen molar-refractivity contribution in [2.24, 2.45) is 0 Å². The van der Waals surface area contributed by atoms with Gasteiger partial charge in [-0.05, 0) is 67.8 Å². The first-order valence-corrected chi connectivity index (χ1v) is 7.51. The van der Waals surface area contributed by atoms with Gasteiger partial charge in [-0.1, -0.05) is 36.7 Å². The van der Waals surface area contributed by atoms with Crippen molar-refractivity contribution in [3.63, 3.8) is 0 Å². The molecule has 0 bridgehead atoms. The summed E-state index contributed by atoms with van der Waals surface area (Å²) in [5, 5.41) is 4.26. The third-order valence-corrected chi connectivity index (χ3v) is 4.10. The van der Waals surface area contributed by atoms with Crippen molar-refractivity contribution in [1.82, 2.24) is 5.32 Å². The third-order valence-electron chi connectivity index (χ3n) is 3.79. The molecule has 2 aromatic carbocycles. The molecule has 0 aliphatic rings. The quantitative estimate of drug-likeness (QED) is 0.805. The molecule has 0 heterocycles. The predicted molar refractivity (Wildman–Crippen MR) is 88.5 cm³/mol. The van der Waals surface area contributed by atoms with Crippen LogP contribution in [0.15, 0.2) is 36.4 Å². The first-order valence-electron chi connectivity index (χ1n) is 7.13. The maximum atomic E-state index is 6.41. The van der Waals surface area contributed by atoms with Crippen molar-refractivity contribution < 1.29 is 0 Å². The van der Waals surface area contributed by atoms with Crippen LogP contribution in [-0.4, -0.2) is 6.54 Å². The predicted octanol–water partition coefficient (Wildman–Crippen LogP) is 5.29. The fraction of sp³-hybridized carbons (Fsp3) is 0.333. The van der Waals surface area contributed by atoms with E-state index in [4.69, 9.17) is 11.6 Å². The van der Waals surface area contributed by atoms with Gasteiger partial charge >= 0.3 is 0 Å². The van der Waals surface area contributed by atoms with Gasteiger partial charge < -0.3 is 5.32 Å². The topological polar surface area (TPSA) is 12.0 Å². The molecule has 1 unspecified atom stereocenters. The van der Waals surface area contributed by atoms with E-state index in [0.29, 0.717) is 6.04 Å². The number of benzene rings is 2. The molecule has 0 saturated carbocycles. The molecule has 0 aliphatic carbocycles. The summed E-state index contributed by atoms with van der Waals surface area (Å²) in [5.74, 6) is 0. The van der Waals surface area contributed by atoms with Gasteiger partial charge in [-0.25, -0.2) is 0 Å². The van der Waals surface area contributed by atoms with Crippen LogP contribution in [0, 0.1) is 13.8 Å². The zero-order chi connectivity index (χ0) is 14.7. The minimum absolute atomic E-state index is 0.352. The Balaban J connectivity index is 2.43. The van der Waals surface area contributed by atoms with Crippen molar-refractivity contribution >= 4 is 11.6 Å². The van der Waals surface area contributed by atoms with E-state index in [0.717, 1.165) is 17.1 Å². The van der Waals surface area contributed by atoms with Crippen molar-refractivity contribution in [2.75, 3.05) is 6.54 Å². The lowest BCUT2D eigenvalue weighted by Gasteiger charge is -2.15. The summed E-state index contributed by atoms with van der Waals surface area (Å²) in [4.78, 5) is 0. The molecule has 1 N–H and O–H groups in total. The molecule has 0 saturated heterocycles. The van der Waals surface area contributed by atoms with Crippen molar-refractivity contribution in [2.45, 2.75) is 33.7 Å². The van der Waals surface area contributed by atoms with E-state index in [1.54, 1.807) is 0 Å². The lowest BCUT2D eigenvalue weighted by Crippen LogP contribution is -2.17. The van der Waals surface area contributed by atoms with Gasteiger partial charge in [0.1, 0.15) is 0 Å². The number of hydrogen-bond donors (Lipinski definition) is 1. The summed E-state index contributed by atoms with van der Waals surface area (Å²) < 4.78 is 0. The maximum absolute atomic E-state index is 6.41. The fourth-order valence-corrected chi connectivity index (χ4v) is 2.73. The summed E-state index contributed by atoms with van der Waals surface area (Å²) in [5.41, 5.74) is 6.09. The van der Waals surface area contributed by atoms with Crippen molar-refractivity contribution in [3.05, 3.63) is 58.1 Å². The highest BCUT2D eigenvalue weighted by atomic mass is 35.5. The Kier molecular flexibility index (Phi) is 4.85. The summed E-state index contributed by atoms with van der Waals surface area (Å²) in [6, 6.07) is 13.2. The second-order valence-corrected chi connectivity index (χ2v) is 5.73. The van der Waals surface area contributed by atoms with Gasteiger partial charge in [0.15, 0.2) is 0 Å². The number of halogens is 1. The number of nitrogens with one attached hydrogen (secondary N) is 1. The molecule has 2 rings (SSSR count). The molecule has 0 radical (unpaired) electrons. The average molecular weight is 288 g/mol. The van der Waals surface area contributed by atoms with Crippen LogP contribution in [0.5, 0.6) is 0 Å². The minimum Gasteiger partial charge on any atom is -0.310 e. The molecule has 0 amide bonds. The van der Waals surface area contributed by atoms with E-state index in [-0.39, 0.29) is 0 Å². The summed E-state index contributed by atoms with van der Waals surface area (Å²) in [6.07, 6.45) is 0. The summed E-state index contributed by atoms with van der Waals surface area (Å²) >= 11 is 6.41. The van der Waals surface area contributed by atoms with Crippen LogP contribution in [-0.2, 0) is 0 Å². The van der Waals surface area contributed by atoms with Gasteiger partial charge in [-0.15, -0.1) is 0 Å². The van der Waals surface area contributed by atoms with Gasteiger partial charge in [0.2, 0.25) is 0 Å². The highest BCUT2D eigenvalue weighted by Crippen LogP contribution is 2.31. The molecule has 0 aromatic heterocycles. The summed E-state index contributed by atoms with van der Waals surface area (Å²) in [7, 11) is 0. The second kappa shape index (κ2) is 6.43. The standard InChI is InChI=1S/C18H22ClN/c1-5-20-14(4)15-7-6-8-16(11-15)17-9-12(2)13(3)10-18(17)19/h6-11,14,20H,5H2,1-4H3. The normalized spacial score (nSPS) is 12.4. The Morgan fingerprint density at radius 1 is 1.10 bits per heavy atom. The van der Waals surface area contributed by atoms with Crippen molar-refractivity contribution in [3.8, 4) is 11.1 Å². The van der Waals surface area contributed by atoms with Crippen LogP contribution in [0.4, 0.5) is 0 Å².